The smallest absolute Gasteiger partial charge is 0.339 e. The first kappa shape index (κ1) is 19.8. The molecule has 0 N–H and O–H groups in total. The maximum atomic E-state index is 12.9. The van der Waals surface area contributed by atoms with Gasteiger partial charge < -0.3 is 9.47 Å². The quantitative estimate of drug-likeness (QED) is 0.345. The van der Waals surface area contributed by atoms with Crippen molar-refractivity contribution < 1.29 is 19.1 Å². The largest absolute Gasteiger partial charge is 0.497 e. The number of rotatable bonds is 6. The van der Waals surface area contributed by atoms with Gasteiger partial charge in [0.1, 0.15) is 5.75 Å². The molecular formula is C22H19N3O4S. The van der Waals surface area contributed by atoms with Crippen LogP contribution in [0.2, 0.25) is 0 Å². The Morgan fingerprint density at radius 2 is 2.00 bits per heavy atom. The van der Waals surface area contributed by atoms with Gasteiger partial charge in [-0.2, -0.15) is 5.10 Å². The van der Waals surface area contributed by atoms with Crippen LogP contribution in [0.5, 0.6) is 5.75 Å². The van der Waals surface area contributed by atoms with Crippen molar-refractivity contribution in [3.63, 3.8) is 0 Å². The van der Waals surface area contributed by atoms with Gasteiger partial charge in [-0.1, -0.05) is 18.2 Å². The highest BCUT2D eigenvalue weighted by atomic mass is 32.1. The van der Waals surface area contributed by atoms with Gasteiger partial charge in [0.05, 0.1) is 34.3 Å². The highest BCUT2D eigenvalue weighted by Gasteiger charge is 2.21. The standard InChI is InChI=1S/C22H19N3O4S/c1-13-20-16(11-17(19-8-5-9-30-19)23-21(20)25(2)24-13)22(27)29-12-18(26)14-6-4-7-15(10-14)28-3/h4-11H,12H2,1-3H3. The Labute approximate surface area is 176 Å². The van der Waals surface area contributed by atoms with Gasteiger partial charge in [0.25, 0.3) is 0 Å². The predicted octanol–water partition coefficient (Wildman–Crippen LogP) is 4.05. The summed E-state index contributed by atoms with van der Waals surface area (Å²) in [5.41, 5.74) is 2.67. The normalized spacial score (nSPS) is 10.9. The van der Waals surface area contributed by atoms with Gasteiger partial charge >= 0.3 is 5.97 Å². The Morgan fingerprint density at radius 1 is 1.17 bits per heavy atom. The second-order valence-electron chi connectivity index (χ2n) is 6.67. The summed E-state index contributed by atoms with van der Waals surface area (Å²) in [6.45, 7) is 1.44. The maximum absolute atomic E-state index is 12.9. The van der Waals surface area contributed by atoms with Crippen LogP contribution in [0.15, 0.2) is 47.8 Å². The number of pyridine rings is 1. The molecule has 4 rings (SSSR count). The van der Waals surface area contributed by atoms with Crippen molar-refractivity contribution in [2.45, 2.75) is 6.92 Å². The molecule has 152 valence electrons. The van der Waals surface area contributed by atoms with E-state index in [0.717, 1.165) is 4.88 Å². The van der Waals surface area contributed by atoms with E-state index < -0.39 is 5.97 Å². The number of nitrogens with zero attached hydrogens (tertiary/aromatic N) is 3. The number of ketones is 1. The van der Waals surface area contributed by atoms with Crippen molar-refractivity contribution in [1.82, 2.24) is 14.8 Å². The zero-order valence-electron chi connectivity index (χ0n) is 16.7. The molecule has 0 amide bonds. The number of carbonyl (C=O) groups excluding carboxylic acids is 2. The van der Waals surface area contributed by atoms with E-state index in [0.29, 0.717) is 39.3 Å². The fraction of sp³-hybridized carbons (Fsp3) is 0.182. The van der Waals surface area contributed by atoms with E-state index in [1.54, 1.807) is 42.1 Å². The lowest BCUT2D eigenvalue weighted by Crippen LogP contribution is -2.15. The lowest BCUT2D eigenvalue weighted by Gasteiger charge is -2.08. The molecule has 7 nitrogen and oxygen atoms in total. The minimum atomic E-state index is -0.590. The van der Waals surface area contributed by atoms with Gasteiger partial charge in [0, 0.05) is 12.6 Å². The summed E-state index contributed by atoms with van der Waals surface area (Å²) in [4.78, 5) is 31.0. The van der Waals surface area contributed by atoms with Crippen molar-refractivity contribution in [1.29, 1.82) is 0 Å². The molecule has 0 aliphatic carbocycles. The number of fused-ring (bicyclic) bond motifs is 1. The number of aromatic nitrogens is 3. The molecule has 8 heteroatoms. The maximum Gasteiger partial charge on any atom is 0.339 e. The molecule has 0 saturated heterocycles. The highest BCUT2D eigenvalue weighted by Crippen LogP contribution is 2.29. The summed E-state index contributed by atoms with van der Waals surface area (Å²) in [5.74, 6) is -0.337. The summed E-state index contributed by atoms with van der Waals surface area (Å²) in [6.07, 6.45) is 0. The first-order valence-electron chi connectivity index (χ1n) is 9.20. The molecule has 3 aromatic heterocycles. The average Bonchev–Trinajstić information content (AvgIpc) is 3.40. The van der Waals surface area contributed by atoms with Gasteiger partial charge in [-0.15, -0.1) is 11.3 Å². The van der Waals surface area contributed by atoms with Crippen LogP contribution in [-0.2, 0) is 11.8 Å². The van der Waals surface area contributed by atoms with Crippen molar-refractivity contribution >= 4 is 34.1 Å². The summed E-state index contributed by atoms with van der Waals surface area (Å²) >= 11 is 1.53. The van der Waals surface area contributed by atoms with Gasteiger partial charge in [-0.25, -0.2) is 9.78 Å². The number of methoxy groups -OCH3 is 1. The number of ether oxygens (including phenoxy) is 2. The third-order valence-corrected chi connectivity index (χ3v) is 5.58. The number of hydrogen-bond donors (Lipinski definition) is 0. The number of benzene rings is 1. The Balaban J connectivity index is 1.64. The lowest BCUT2D eigenvalue weighted by molar-refractivity contribution is 0.0476. The monoisotopic (exact) mass is 421 g/mol. The lowest BCUT2D eigenvalue weighted by atomic mass is 10.1. The van der Waals surface area contributed by atoms with E-state index in [4.69, 9.17) is 9.47 Å². The van der Waals surface area contributed by atoms with Crippen LogP contribution >= 0.6 is 11.3 Å². The van der Waals surface area contributed by atoms with Crippen molar-refractivity contribution in [2.24, 2.45) is 7.05 Å². The molecule has 0 radical (unpaired) electrons. The van der Waals surface area contributed by atoms with Crippen LogP contribution in [0.3, 0.4) is 0 Å². The van der Waals surface area contributed by atoms with Crippen LogP contribution in [0.1, 0.15) is 26.4 Å². The molecule has 1 aromatic carbocycles. The highest BCUT2D eigenvalue weighted by molar-refractivity contribution is 7.13. The zero-order valence-corrected chi connectivity index (χ0v) is 17.5. The summed E-state index contributed by atoms with van der Waals surface area (Å²) in [6, 6.07) is 12.3. The van der Waals surface area contributed by atoms with E-state index >= 15 is 0 Å². The minimum absolute atomic E-state index is 0.311. The first-order chi connectivity index (χ1) is 14.5. The van der Waals surface area contributed by atoms with Crippen LogP contribution in [0.4, 0.5) is 0 Å². The minimum Gasteiger partial charge on any atom is -0.497 e. The van der Waals surface area contributed by atoms with E-state index in [1.807, 2.05) is 24.4 Å². The van der Waals surface area contributed by atoms with Crippen LogP contribution < -0.4 is 4.74 Å². The van der Waals surface area contributed by atoms with Crippen LogP contribution in [0.25, 0.3) is 21.6 Å². The number of Topliss-reactive ketones (excluding diaryl/α,β-unsaturated/α-hetero) is 1. The third-order valence-electron chi connectivity index (χ3n) is 4.69. The Morgan fingerprint density at radius 3 is 2.73 bits per heavy atom. The van der Waals surface area contributed by atoms with Gasteiger partial charge in [0.15, 0.2) is 18.0 Å². The summed E-state index contributed by atoms with van der Waals surface area (Å²) < 4.78 is 12.1. The topological polar surface area (TPSA) is 83.3 Å². The number of hydrogen-bond acceptors (Lipinski definition) is 7. The second kappa shape index (κ2) is 8.08. The van der Waals surface area contributed by atoms with E-state index in [1.165, 1.54) is 18.4 Å². The Bertz CT molecular complexity index is 1240. The number of carbonyl (C=O) groups is 2. The van der Waals surface area contributed by atoms with E-state index in [-0.39, 0.29) is 12.4 Å². The molecule has 3 heterocycles. The van der Waals surface area contributed by atoms with E-state index in [9.17, 15) is 9.59 Å². The molecule has 30 heavy (non-hydrogen) atoms. The molecule has 0 aliphatic heterocycles. The molecule has 0 atom stereocenters. The summed E-state index contributed by atoms with van der Waals surface area (Å²) in [7, 11) is 3.31. The molecule has 0 fully saturated rings. The van der Waals surface area contributed by atoms with Crippen molar-refractivity contribution in [3.8, 4) is 16.3 Å². The fourth-order valence-corrected chi connectivity index (χ4v) is 3.93. The molecule has 0 bridgehead atoms. The van der Waals surface area contributed by atoms with Gasteiger partial charge in [0.2, 0.25) is 0 Å². The molecule has 4 aromatic rings. The predicted molar refractivity (Wildman–Crippen MR) is 114 cm³/mol. The molecule has 0 spiro atoms. The van der Waals surface area contributed by atoms with E-state index in [2.05, 4.69) is 10.1 Å². The molecule has 0 unspecified atom stereocenters. The summed E-state index contributed by atoms with van der Waals surface area (Å²) in [5, 5.41) is 6.95. The average molecular weight is 421 g/mol. The molecular weight excluding hydrogens is 402 g/mol. The van der Waals surface area contributed by atoms with Crippen molar-refractivity contribution in [3.05, 3.63) is 64.7 Å². The van der Waals surface area contributed by atoms with Crippen LogP contribution in [0, 0.1) is 6.92 Å². The Kier molecular flexibility index (Phi) is 5.33. The Hall–Kier alpha value is -3.52. The second-order valence-corrected chi connectivity index (χ2v) is 7.62. The third kappa shape index (κ3) is 3.69. The van der Waals surface area contributed by atoms with Crippen LogP contribution in [-0.4, -0.2) is 40.2 Å². The molecule has 0 aliphatic rings. The zero-order chi connectivity index (χ0) is 21.3. The molecule has 0 saturated carbocycles. The van der Waals surface area contributed by atoms with Gasteiger partial charge in [-0.3, -0.25) is 9.48 Å². The fourth-order valence-electron chi connectivity index (χ4n) is 3.25. The van der Waals surface area contributed by atoms with Gasteiger partial charge in [-0.05, 0) is 36.6 Å². The number of esters is 1. The first-order valence-corrected chi connectivity index (χ1v) is 10.1. The number of thiophene rings is 1. The SMILES string of the molecule is COc1cccc(C(=O)COC(=O)c2cc(-c3cccs3)nc3c2c(C)nn3C)c1. The number of aryl methyl sites for hydroxylation is 2. The van der Waals surface area contributed by atoms with Crippen molar-refractivity contribution in [2.75, 3.05) is 13.7 Å².